The van der Waals surface area contributed by atoms with Crippen LogP contribution in [0.3, 0.4) is 0 Å². The first kappa shape index (κ1) is 10.7. The Morgan fingerprint density at radius 2 is 1.55 bits per heavy atom. The normalized spacial score (nSPS) is 10.5. The van der Waals surface area contributed by atoms with Crippen molar-refractivity contribution in [3.8, 4) is 0 Å². The molecule has 0 aliphatic heterocycles. The number of hydrogen-bond acceptors (Lipinski definition) is 1. The van der Waals surface area contributed by atoms with Crippen molar-refractivity contribution in [2.24, 2.45) is 0 Å². The van der Waals surface area contributed by atoms with Gasteiger partial charge in [-0.15, -0.1) is 0 Å². The summed E-state index contributed by atoms with van der Waals surface area (Å²) in [6.45, 7) is 6.59. The minimum atomic E-state index is 0. The molecule has 0 saturated heterocycles. The first-order valence-electron chi connectivity index (χ1n) is 3.51. The van der Waals surface area contributed by atoms with Crippen molar-refractivity contribution in [1.82, 2.24) is 4.98 Å². The summed E-state index contributed by atoms with van der Waals surface area (Å²) in [4.78, 5) is 3.96. The molecule has 0 spiro atoms. The number of pyridine rings is 1. The fourth-order valence-corrected chi connectivity index (χ4v) is 0.852. The van der Waals surface area contributed by atoms with Crippen LogP contribution in [0.2, 0.25) is 0 Å². The molecule has 0 radical (unpaired) electrons. The van der Waals surface area contributed by atoms with Crippen LogP contribution in [0.15, 0.2) is 24.5 Å². The van der Waals surface area contributed by atoms with Gasteiger partial charge in [-0.2, -0.15) is 0 Å². The van der Waals surface area contributed by atoms with Gasteiger partial charge in [0, 0.05) is 29.8 Å². The van der Waals surface area contributed by atoms with E-state index in [1.165, 1.54) is 5.56 Å². The zero-order valence-electron chi connectivity index (χ0n) is 7.16. The van der Waals surface area contributed by atoms with E-state index in [0.29, 0.717) is 0 Å². The van der Waals surface area contributed by atoms with Gasteiger partial charge in [-0.25, -0.2) is 0 Å². The molecule has 1 heterocycles. The van der Waals surface area contributed by atoms with E-state index in [-0.39, 0.29) is 22.8 Å². The van der Waals surface area contributed by atoms with Gasteiger partial charge in [0.1, 0.15) is 0 Å². The summed E-state index contributed by atoms with van der Waals surface area (Å²) < 4.78 is 0. The van der Waals surface area contributed by atoms with E-state index in [2.05, 4.69) is 37.9 Å². The molecule has 0 unspecified atom stereocenters. The summed E-state index contributed by atoms with van der Waals surface area (Å²) in [7, 11) is 0. The largest absolute Gasteiger partial charge is 0.265 e. The number of nitrogens with zero attached hydrogens (tertiary/aromatic N) is 1. The van der Waals surface area contributed by atoms with Gasteiger partial charge >= 0.3 is 0 Å². The summed E-state index contributed by atoms with van der Waals surface area (Å²) in [6.07, 6.45) is 3.67. The Morgan fingerprint density at radius 3 is 1.82 bits per heavy atom. The molecule has 0 atom stereocenters. The van der Waals surface area contributed by atoms with Crippen molar-refractivity contribution in [2.75, 3.05) is 0 Å². The quantitative estimate of drug-likeness (QED) is 0.607. The SMILES string of the molecule is CC(C)(C)c1ccncc1.[Cr]. The van der Waals surface area contributed by atoms with Crippen LogP contribution in [0, 0.1) is 0 Å². The van der Waals surface area contributed by atoms with Gasteiger partial charge < -0.3 is 0 Å². The predicted octanol–water partition coefficient (Wildman–Crippen LogP) is 2.38. The molecule has 0 N–H and O–H groups in total. The Hall–Kier alpha value is -0.318. The summed E-state index contributed by atoms with van der Waals surface area (Å²) in [6, 6.07) is 4.11. The third kappa shape index (κ3) is 3.05. The van der Waals surface area contributed by atoms with Crippen LogP contribution < -0.4 is 0 Å². The predicted molar refractivity (Wildman–Crippen MR) is 42.9 cm³/mol. The minimum Gasteiger partial charge on any atom is -0.265 e. The van der Waals surface area contributed by atoms with Crippen LogP contribution in [0.4, 0.5) is 0 Å². The van der Waals surface area contributed by atoms with E-state index < -0.39 is 0 Å². The van der Waals surface area contributed by atoms with E-state index in [9.17, 15) is 0 Å². The average Bonchev–Trinajstić information content (AvgIpc) is 1.88. The fourth-order valence-electron chi connectivity index (χ4n) is 0.852. The average molecular weight is 187 g/mol. The van der Waals surface area contributed by atoms with Crippen molar-refractivity contribution < 1.29 is 17.4 Å². The van der Waals surface area contributed by atoms with Gasteiger partial charge in [-0.3, -0.25) is 4.98 Å². The minimum absolute atomic E-state index is 0. The standard InChI is InChI=1S/C9H13N.Cr/c1-9(2,3)8-4-6-10-7-5-8;/h4-7H,1-3H3;. The third-order valence-electron chi connectivity index (χ3n) is 1.55. The smallest absolute Gasteiger partial charge is 0.0270 e. The Balaban J connectivity index is 0.000001000. The van der Waals surface area contributed by atoms with Gasteiger partial charge in [-0.1, -0.05) is 20.8 Å². The maximum absolute atomic E-state index is 3.96. The molecule has 2 heteroatoms. The van der Waals surface area contributed by atoms with Crippen LogP contribution in [0.25, 0.3) is 0 Å². The van der Waals surface area contributed by atoms with Crippen LogP contribution >= 0.6 is 0 Å². The van der Waals surface area contributed by atoms with Crippen molar-refractivity contribution >= 4 is 0 Å². The van der Waals surface area contributed by atoms with E-state index in [1.807, 2.05) is 12.4 Å². The molecule has 0 aliphatic carbocycles. The van der Waals surface area contributed by atoms with Crippen LogP contribution in [0.5, 0.6) is 0 Å². The molecule has 1 aromatic rings. The number of rotatable bonds is 0. The maximum Gasteiger partial charge on any atom is 0.0270 e. The molecule has 0 saturated carbocycles. The van der Waals surface area contributed by atoms with E-state index in [1.54, 1.807) is 0 Å². The second-order valence-electron chi connectivity index (χ2n) is 3.49. The molecule has 0 bridgehead atoms. The molecular weight excluding hydrogens is 174 g/mol. The molecule has 0 fully saturated rings. The van der Waals surface area contributed by atoms with Crippen molar-refractivity contribution in [3.63, 3.8) is 0 Å². The van der Waals surface area contributed by atoms with E-state index >= 15 is 0 Å². The van der Waals surface area contributed by atoms with Gasteiger partial charge in [0.15, 0.2) is 0 Å². The molecule has 1 nitrogen and oxygen atoms in total. The molecule has 0 aliphatic rings. The second kappa shape index (κ2) is 3.90. The van der Waals surface area contributed by atoms with Crippen LogP contribution in [-0.2, 0) is 22.8 Å². The molecule has 60 valence electrons. The first-order chi connectivity index (χ1) is 4.61. The second-order valence-corrected chi connectivity index (χ2v) is 3.49. The zero-order valence-corrected chi connectivity index (χ0v) is 8.44. The summed E-state index contributed by atoms with van der Waals surface area (Å²) >= 11 is 0. The third-order valence-corrected chi connectivity index (χ3v) is 1.55. The zero-order chi connectivity index (χ0) is 7.61. The Labute approximate surface area is 79.0 Å². The number of aromatic nitrogens is 1. The van der Waals surface area contributed by atoms with Gasteiger partial charge in [0.05, 0.1) is 0 Å². The molecule has 1 aromatic heterocycles. The monoisotopic (exact) mass is 187 g/mol. The molecule has 11 heavy (non-hydrogen) atoms. The van der Waals surface area contributed by atoms with Crippen LogP contribution in [0.1, 0.15) is 26.3 Å². The van der Waals surface area contributed by atoms with Crippen molar-refractivity contribution in [3.05, 3.63) is 30.1 Å². The molecule has 0 amide bonds. The van der Waals surface area contributed by atoms with Gasteiger partial charge in [0.25, 0.3) is 0 Å². The van der Waals surface area contributed by atoms with E-state index in [4.69, 9.17) is 0 Å². The Kier molecular flexibility index (Phi) is 3.79. The first-order valence-corrected chi connectivity index (χ1v) is 3.51. The van der Waals surface area contributed by atoms with Crippen molar-refractivity contribution in [2.45, 2.75) is 26.2 Å². The summed E-state index contributed by atoms with van der Waals surface area (Å²) in [5.74, 6) is 0. The maximum atomic E-state index is 3.96. The topological polar surface area (TPSA) is 12.9 Å². The van der Waals surface area contributed by atoms with Gasteiger partial charge in [0.2, 0.25) is 0 Å². The number of hydrogen-bond donors (Lipinski definition) is 0. The Morgan fingerprint density at radius 1 is 1.09 bits per heavy atom. The van der Waals surface area contributed by atoms with Crippen LogP contribution in [-0.4, -0.2) is 4.98 Å². The molecule has 1 rings (SSSR count). The summed E-state index contributed by atoms with van der Waals surface area (Å²) in [5, 5.41) is 0. The Bertz CT molecular complexity index is 201. The van der Waals surface area contributed by atoms with Gasteiger partial charge in [-0.05, 0) is 23.1 Å². The summed E-state index contributed by atoms with van der Waals surface area (Å²) in [5.41, 5.74) is 1.59. The fraction of sp³-hybridized carbons (Fsp3) is 0.444. The molecular formula is C9H13CrN. The van der Waals surface area contributed by atoms with Crippen molar-refractivity contribution in [1.29, 1.82) is 0 Å². The molecule has 0 aromatic carbocycles. The van der Waals surface area contributed by atoms with E-state index in [0.717, 1.165) is 0 Å².